The van der Waals surface area contributed by atoms with Crippen molar-refractivity contribution >= 4 is 16.9 Å². The zero-order chi connectivity index (χ0) is 10.8. The summed E-state index contributed by atoms with van der Waals surface area (Å²) in [7, 11) is -3.42. The molecule has 0 fully saturated rings. The Balaban J connectivity index is 4.72. The van der Waals surface area contributed by atoms with E-state index in [1.807, 2.05) is 26.9 Å². The zero-order valence-corrected chi connectivity index (χ0v) is 10.5. The van der Waals surface area contributed by atoms with Crippen molar-refractivity contribution in [1.82, 2.24) is 0 Å². The molecule has 0 unspecified atom stereocenters. The molecule has 0 aromatic heterocycles. The number of rotatable bonds is 5. The fourth-order valence-electron chi connectivity index (χ4n) is 0.648. The van der Waals surface area contributed by atoms with Crippen LogP contribution in [0.1, 0.15) is 6.92 Å². The third-order valence-corrected chi connectivity index (χ3v) is 7.71. The van der Waals surface area contributed by atoms with Crippen LogP contribution < -0.4 is 0 Å². The molecule has 0 saturated heterocycles. The van der Waals surface area contributed by atoms with E-state index in [0.717, 1.165) is 6.16 Å². The van der Waals surface area contributed by atoms with E-state index in [2.05, 4.69) is 6.58 Å². The van der Waals surface area contributed by atoms with Gasteiger partial charge in [0.05, 0.1) is 0 Å². The summed E-state index contributed by atoms with van der Waals surface area (Å²) >= 11 is 0. The van der Waals surface area contributed by atoms with Gasteiger partial charge in [-0.15, -0.1) is 0 Å². The first-order valence-corrected chi connectivity index (χ1v) is 9.41. The van der Waals surface area contributed by atoms with Crippen molar-refractivity contribution in [3.8, 4) is 0 Å². The fraction of sp³-hybridized carbons (Fsp3) is 0.750. The molecular formula is C8H19O3PS. The van der Waals surface area contributed by atoms with E-state index < -0.39 is 16.9 Å². The molecule has 0 aliphatic rings. The average Bonchev–Trinajstić information content (AvgIpc) is 1.83. The summed E-state index contributed by atoms with van der Waals surface area (Å²) in [5.74, 6) is -0.111. The Labute approximate surface area is 81.3 Å². The molecule has 0 aliphatic carbocycles. The van der Waals surface area contributed by atoms with Gasteiger partial charge in [0.1, 0.15) is 0 Å². The molecule has 0 bridgehead atoms. The third-order valence-electron chi connectivity index (χ3n) is 1.79. The van der Waals surface area contributed by atoms with E-state index in [4.69, 9.17) is 3.97 Å². The van der Waals surface area contributed by atoms with Crippen molar-refractivity contribution in [2.75, 3.05) is 31.9 Å². The second-order valence-electron chi connectivity index (χ2n) is 4.37. The minimum atomic E-state index is -3.42. The second kappa shape index (κ2) is 3.68. The van der Waals surface area contributed by atoms with E-state index >= 15 is 0 Å². The van der Waals surface area contributed by atoms with Gasteiger partial charge in [-0.25, -0.2) is 0 Å². The third kappa shape index (κ3) is 5.40. The van der Waals surface area contributed by atoms with E-state index in [9.17, 15) is 8.42 Å². The molecule has 0 amide bonds. The molecule has 0 rings (SSSR count). The molecular weight excluding hydrogens is 207 g/mol. The topological polar surface area (TPSA) is 43.4 Å². The van der Waals surface area contributed by atoms with Crippen LogP contribution in [0.4, 0.5) is 0 Å². The van der Waals surface area contributed by atoms with Crippen LogP contribution in [0.15, 0.2) is 12.7 Å². The van der Waals surface area contributed by atoms with Gasteiger partial charge in [-0.05, 0) is 0 Å². The SMILES string of the molecule is C=CCS(=O)(=O)OP(C)(C)(C)CC. The van der Waals surface area contributed by atoms with Crippen molar-refractivity contribution in [1.29, 1.82) is 0 Å². The molecule has 0 radical (unpaired) electrons. The summed E-state index contributed by atoms with van der Waals surface area (Å²) in [6, 6.07) is 0. The normalized spacial score (nSPS) is 16.2. The molecule has 80 valence electrons. The second-order valence-corrected chi connectivity index (χ2v) is 13.0. The number of hydrogen-bond donors (Lipinski definition) is 0. The summed E-state index contributed by atoms with van der Waals surface area (Å²) in [5.41, 5.74) is 0. The Morgan fingerprint density at radius 1 is 1.38 bits per heavy atom. The molecule has 0 N–H and O–H groups in total. The van der Waals surface area contributed by atoms with Crippen LogP contribution in [0.25, 0.3) is 0 Å². The predicted octanol–water partition coefficient (Wildman–Crippen LogP) is 1.90. The van der Waals surface area contributed by atoms with Crippen LogP contribution in [0.5, 0.6) is 0 Å². The Morgan fingerprint density at radius 3 is 2.15 bits per heavy atom. The van der Waals surface area contributed by atoms with Gasteiger partial charge in [0.2, 0.25) is 0 Å². The van der Waals surface area contributed by atoms with Crippen molar-refractivity contribution in [2.45, 2.75) is 6.92 Å². The summed E-state index contributed by atoms with van der Waals surface area (Å²) in [6.07, 6.45) is 2.10. The first-order chi connectivity index (χ1) is 5.60. The molecule has 5 heteroatoms. The molecule has 0 aromatic rings. The van der Waals surface area contributed by atoms with Crippen molar-refractivity contribution in [2.24, 2.45) is 0 Å². The molecule has 0 atom stereocenters. The maximum absolute atomic E-state index is 11.3. The van der Waals surface area contributed by atoms with Gasteiger partial charge >= 0.3 is 80.8 Å². The van der Waals surface area contributed by atoms with Gasteiger partial charge in [0, 0.05) is 0 Å². The van der Waals surface area contributed by atoms with Crippen LogP contribution in [0.2, 0.25) is 0 Å². The van der Waals surface area contributed by atoms with Gasteiger partial charge in [-0.2, -0.15) is 0 Å². The zero-order valence-electron chi connectivity index (χ0n) is 8.78. The van der Waals surface area contributed by atoms with Crippen LogP contribution in [-0.4, -0.2) is 40.3 Å². The van der Waals surface area contributed by atoms with Crippen molar-refractivity contribution in [3.63, 3.8) is 0 Å². The molecule has 0 aromatic carbocycles. The molecule has 0 heterocycles. The summed E-state index contributed by atoms with van der Waals surface area (Å²) < 4.78 is 27.9. The maximum atomic E-state index is 11.3. The standard InChI is InChI=1S/C8H19O3PS/c1-6-8-13(9,10)11-12(3,4,5)7-2/h6H,1,7-8H2,2-5H3. The van der Waals surface area contributed by atoms with Gasteiger partial charge in [0.25, 0.3) is 0 Å². The van der Waals surface area contributed by atoms with Gasteiger partial charge in [0.15, 0.2) is 0 Å². The molecule has 0 saturated carbocycles. The Kier molecular flexibility index (Phi) is 3.70. The molecule has 13 heavy (non-hydrogen) atoms. The van der Waals surface area contributed by atoms with E-state index in [0.29, 0.717) is 0 Å². The van der Waals surface area contributed by atoms with Crippen LogP contribution >= 0.6 is 6.83 Å². The van der Waals surface area contributed by atoms with E-state index in [-0.39, 0.29) is 5.75 Å². The minimum absolute atomic E-state index is 0.111. The monoisotopic (exact) mass is 226 g/mol. The quantitative estimate of drug-likeness (QED) is 0.531. The van der Waals surface area contributed by atoms with E-state index in [1.165, 1.54) is 6.08 Å². The van der Waals surface area contributed by atoms with Gasteiger partial charge < -0.3 is 0 Å². The Morgan fingerprint density at radius 2 is 1.85 bits per heavy atom. The first-order valence-electron chi connectivity index (χ1n) is 4.15. The van der Waals surface area contributed by atoms with Crippen molar-refractivity contribution < 1.29 is 12.4 Å². The Hall–Kier alpha value is 0.0800. The van der Waals surface area contributed by atoms with E-state index in [1.54, 1.807) is 0 Å². The van der Waals surface area contributed by atoms with Crippen molar-refractivity contribution in [3.05, 3.63) is 12.7 Å². The number of hydrogen-bond acceptors (Lipinski definition) is 3. The summed E-state index contributed by atoms with van der Waals surface area (Å²) in [4.78, 5) is 0. The summed E-state index contributed by atoms with van der Waals surface area (Å²) in [5, 5.41) is 0. The first kappa shape index (κ1) is 13.1. The Bertz CT molecular complexity index is 284. The van der Waals surface area contributed by atoms with Crippen LogP contribution in [0.3, 0.4) is 0 Å². The molecule has 0 spiro atoms. The van der Waals surface area contributed by atoms with Gasteiger partial charge in [-0.3, -0.25) is 0 Å². The average molecular weight is 226 g/mol. The van der Waals surface area contributed by atoms with Crippen LogP contribution in [-0.2, 0) is 14.1 Å². The predicted molar refractivity (Wildman–Crippen MR) is 60.3 cm³/mol. The fourth-order valence-corrected chi connectivity index (χ4v) is 4.97. The molecule has 3 nitrogen and oxygen atoms in total. The van der Waals surface area contributed by atoms with Crippen LogP contribution in [0, 0.1) is 0 Å². The summed E-state index contributed by atoms with van der Waals surface area (Å²) in [6.45, 7) is 8.56. The van der Waals surface area contributed by atoms with Gasteiger partial charge in [-0.1, -0.05) is 0 Å². The molecule has 0 aliphatic heterocycles.